The fraction of sp³-hybridized carbons (Fsp3) is 0.267. The van der Waals surface area contributed by atoms with Crippen molar-refractivity contribution in [2.45, 2.75) is 26.4 Å². The largest absolute Gasteiger partial charge is 0.294 e. The van der Waals surface area contributed by atoms with E-state index in [1.165, 1.54) is 0 Å². The summed E-state index contributed by atoms with van der Waals surface area (Å²) in [7, 11) is 0. The van der Waals surface area contributed by atoms with Crippen LogP contribution in [-0.2, 0) is 6.54 Å². The highest BCUT2D eigenvalue weighted by Gasteiger charge is 2.11. The Hall–Kier alpha value is -2.43. The van der Waals surface area contributed by atoms with Crippen LogP contribution in [0.3, 0.4) is 0 Å². The molecule has 5 nitrogen and oxygen atoms in total. The first-order chi connectivity index (χ1) is 9.65. The third kappa shape index (κ3) is 2.22. The maximum absolute atomic E-state index is 12.5. The number of benzene rings is 1. The number of fused-ring (bicyclic) bond motifs is 1. The van der Waals surface area contributed by atoms with Crippen molar-refractivity contribution in [3.8, 4) is 0 Å². The van der Waals surface area contributed by atoms with E-state index in [-0.39, 0.29) is 11.6 Å². The van der Waals surface area contributed by atoms with Crippen molar-refractivity contribution < 1.29 is 0 Å². The highest BCUT2D eigenvalue weighted by Crippen LogP contribution is 2.11. The number of aryl methyl sites for hydroxylation is 1. The van der Waals surface area contributed by atoms with Crippen LogP contribution in [0.5, 0.6) is 0 Å². The fourth-order valence-corrected chi connectivity index (χ4v) is 2.33. The van der Waals surface area contributed by atoms with Gasteiger partial charge in [-0.3, -0.25) is 14.0 Å². The molecule has 0 saturated carbocycles. The van der Waals surface area contributed by atoms with Crippen LogP contribution < -0.4 is 5.56 Å². The molecule has 102 valence electrons. The zero-order valence-electron chi connectivity index (χ0n) is 11.5. The maximum Gasteiger partial charge on any atom is 0.261 e. The molecule has 3 rings (SSSR count). The lowest BCUT2D eigenvalue weighted by molar-refractivity contribution is 0.426. The Bertz CT molecular complexity index is 789. The predicted molar refractivity (Wildman–Crippen MR) is 77.7 cm³/mol. The lowest BCUT2D eigenvalue weighted by Crippen LogP contribution is -2.26. The molecule has 5 heteroatoms. The molecule has 0 fully saturated rings. The lowest BCUT2D eigenvalue weighted by Gasteiger charge is -2.15. The normalized spacial score (nSPS) is 12.7. The second-order valence-electron chi connectivity index (χ2n) is 5.05. The fourth-order valence-electron chi connectivity index (χ4n) is 2.33. The topological polar surface area (TPSA) is 52.7 Å². The molecule has 0 aliphatic carbocycles. The molecule has 0 saturated heterocycles. The van der Waals surface area contributed by atoms with Gasteiger partial charge in [-0.05, 0) is 32.0 Å². The highest BCUT2D eigenvalue weighted by atomic mass is 16.1. The third-order valence-electron chi connectivity index (χ3n) is 3.42. The van der Waals surface area contributed by atoms with Crippen LogP contribution in [-0.4, -0.2) is 19.3 Å². The molecule has 0 aliphatic rings. The molecule has 0 unspecified atom stereocenters. The molecular weight excluding hydrogens is 252 g/mol. The van der Waals surface area contributed by atoms with Crippen LogP contribution in [0.2, 0.25) is 0 Å². The van der Waals surface area contributed by atoms with Gasteiger partial charge in [-0.25, -0.2) is 4.98 Å². The summed E-state index contributed by atoms with van der Waals surface area (Å²) in [6.07, 6.45) is 5.24. The maximum atomic E-state index is 12.5. The van der Waals surface area contributed by atoms with E-state index in [1.54, 1.807) is 17.1 Å². The number of hydrogen-bond donors (Lipinski definition) is 0. The van der Waals surface area contributed by atoms with E-state index in [4.69, 9.17) is 0 Å². The minimum absolute atomic E-state index is 0.000174. The number of rotatable bonds is 3. The van der Waals surface area contributed by atoms with E-state index in [0.29, 0.717) is 11.9 Å². The Morgan fingerprint density at radius 2 is 2.20 bits per heavy atom. The Morgan fingerprint density at radius 1 is 1.35 bits per heavy atom. The van der Waals surface area contributed by atoms with Crippen LogP contribution in [0.4, 0.5) is 0 Å². The number of nitrogens with zero attached hydrogens (tertiary/aromatic N) is 4. The van der Waals surface area contributed by atoms with E-state index in [0.717, 1.165) is 11.1 Å². The molecule has 2 heterocycles. The lowest BCUT2D eigenvalue weighted by atomic mass is 10.1. The first-order valence-corrected chi connectivity index (χ1v) is 6.60. The van der Waals surface area contributed by atoms with Crippen molar-refractivity contribution in [1.29, 1.82) is 0 Å². The van der Waals surface area contributed by atoms with E-state index in [2.05, 4.69) is 10.1 Å². The van der Waals surface area contributed by atoms with Gasteiger partial charge >= 0.3 is 0 Å². The molecule has 3 aromatic rings. The molecule has 0 radical (unpaired) electrons. The summed E-state index contributed by atoms with van der Waals surface area (Å²) in [6.45, 7) is 4.61. The molecule has 1 aromatic carbocycles. The van der Waals surface area contributed by atoms with Crippen LogP contribution >= 0.6 is 0 Å². The predicted octanol–water partition coefficient (Wildman–Crippen LogP) is 2.16. The van der Waals surface area contributed by atoms with Gasteiger partial charge in [-0.1, -0.05) is 11.6 Å². The van der Waals surface area contributed by atoms with Crippen LogP contribution in [0.1, 0.15) is 18.5 Å². The molecule has 0 aliphatic heterocycles. The zero-order chi connectivity index (χ0) is 14.1. The summed E-state index contributed by atoms with van der Waals surface area (Å²) in [4.78, 5) is 16.9. The molecule has 1 atom stereocenters. The average molecular weight is 268 g/mol. The molecule has 0 spiro atoms. The minimum Gasteiger partial charge on any atom is -0.294 e. The first-order valence-electron chi connectivity index (χ1n) is 6.60. The SMILES string of the molecule is Cc1ccc2ncn([C@@H](C)Cn3cccn3)c(=O)c2c1. The van der Waals surface area contributed by atoms with Crippen LogP contribution in [0.25, 0.3) is 10.9 Å². The second-order valence-corrected chi connectivity index (χ2v) is 5.05. The number of hydrogen-bond acceptors (Lipinski definition) is 3. The quantitative estimate of drug-likeness (QED) is 0.731. The summed E-state index contributed by atoms with van der Waals surface area (Å²) < 4.78 is 3.49. The van der Waals surface area contributed by atoms with Gasteiger partial charge in [0, 0.05) is 12.4 Å². The first kappa shape index (κ1) is 12.6. The van der Waals surface area contributed by atoms with Gasteiger partial charge in [0.15, 0.2) is 0 Å². The Balaban J connectivity index is 2.03. The van der Waals surface area contributed by atoms with Gasteiger partial charge in [0.25, 0.3) is 5.56 Å². The van der Waals surface area contributed by atoms with E-state index in [1.807, 2.05) is 49.0 Å². The zero-order valence-corrected chi connectivity index (χ0v) is 11.5. The summed E-state index contributed by atoms with van der Waals surface area (Å²) in [6, 6.07) is 7.61. The van der Waals surface area contributed by atoms with Gasteiger partial charge in [0.2, 0.25) is 0 Å². The Kier molecular flexibility index (Phi) is 3.10. The highest BCUT2D eigenvalue weighted by molar-refractivity contribution is 5.77. The van der Waals surface area contributed by atoms with Gasteiger partial charge in [-0.15, -0.1) is 0 Å². The number of aromatic nitrogens is 4. The van der Waals surface area contributed by atoms with E-state index < -0.39 is 0 Å². The van der Waals surface area contributed by atoms with Gasteiger partial charge < -0.3 is 0 Å². The van der Waals surface area contributed by atoms with Gasteiger partial charge in [-0.2, -0.15) is 5.10 Å². The van der Waals surface area contributed by atoms with Gasteiger partial charge in [0.1, 0.15) is 0 Å². The minimum atomic E-state index is -0.00152. The Labute approximate surface area is 116 Å². The summed E-state index contributed by atoms with van der Waals surface area (Å²) >= 11 is 0. The monoisotopic (exact) mass is 268 g/mol. The standard InChI is InChI=1S/C15H16N4O/c1-11-4-5-14-13(8-11)15(20)19(10-16-14)12(2)9-18-7-3-6-17-18/h3-8,10,12H,9H2,1-2H3/t12-/m0/s1. The van der Waals surface area contributed by atoms with Crippen molar-refractivity contribution in [3.05, 3.63) is 58.9 Å². The second kappa shape index (κ2) is 4.92. The van der Waals surface area contributed by atoms with Crippen molar-refractivity contribution in [2.24, 2.45) is 0 Å². The molecular formula is C15H16N4O. The van der Waals surface area contributed by atoms with E-state index in [9.17, 15) is 4.79 Å². The molecule has 0 bridgehead atoms. The summed E-state index contributed by atoms with van der Waals surface area (Å²) in [5.41, 5.74) is 1.80. The Morgan fingerprint density at radius 3 is 2.95 bits per heavy atom. The van der Waals surface area contributed by atoms with Crippen LogP contribution in [0.15, 0.2) is 47.8 Å². The van der Waals surface area contributed by atoms with Gasteiger partial charge in [0.05, 0.1) is 29.8 Å². The smallest absolute Gasteiger partial charge is 0.261 e. The average Bonchev–Trinajstić information content (AvgIpc) is 2.92. The van der Waals surface area contributed by atoms with Crippen molar-refractivity contribution in [3.63, 3.8) is 0 Å². The molecule has 0 N–H and O–H groups in total. The third-order valence-corrected chi connectivity index (χ3v) is 3.42. The van der Waals surface area contributed by atoms with Crippen LogP contribution in [0, 0.1) is 6.92 Å². The van der Waals surface area contributed by atoms with Crippen molar-refractivity contribution in [2.75, 3.05) is 0 Å². The summed E-state index contributed by atoms with van der Waals surface area (Å²) in [5, 5.41) is 4.84. The molecule has 20 heavy (non-hydrogen) atoms. The van der Waals surface area contributed by atoms with Crippen molar-refractivity contribution >= 4 is 10.9 Å². The molecule has 0 amide bonds. The summed E-state index contributed by atoms with van der Waals surface area (Å²) in [5.74, 6) is 0. The van der Waals surface area contributed by atoms with E-state index >= 15 is 0 Å². The van der Waals surface area contributed by atoms with Crippen molar-refractivity contribution in [1.82, 2.24) is 19.3 Å². The molecule has 2 aromatic heterocycles.